The Balaban J connectivity index is 2.46. The second kappa shape index (κ2) is 4.47. The van der Waals surface area contributed by atoms with Crippen LogP contribution in [0, 0.1) is 5.92 Å². The van der Waals surface area contributed by atoms with Gasteiger partial charge in [0.1, 0.15) is 5.82 Å². The highest BCUT2D eigenvalue weighted by atomic mass is 35.5. The number of rotatable bonds is 3. The molecule has 86 valence electrons. The summed E-state index contributed by atoms with van der Waals surface area (Å²) in [7, 11) is 0. The van der Waals surface area contributed by atoms with Crippen LogP contribution < -0.4 is 5.73 Å². The third-order valence-electron chi connectivity index (χ3n) is 2.36. The van der Waals surface area contributed by atoms with Crippen LogP contribution in [0.5, 0.6) is 0 Å². The lowest BCUT2D eigenvalue weighted by Crippen LogP contribution is -1.98. The van der Waals surface area contributed by atoms with E-state index in [0.29, 0.717) is 11.7 Å². The maximum atomic E-state index is 6.11. The number of hydrogen-bond donors (Lipinski definition) is 2. The summed E-state index contributed by atoms with van der Waals surface area (Å²) in [5.74, 6) is 1.12. The van der Waals surface area contributed by atoms with Crippen molar-refractivity contribution in [3.05, 3.63) is 22.0 Å². The molecular weight excluding hydrogens is 242 g/mol. The van der Waals surface area contributed by atoms with E-state index in [1.54, 1.807) is 11.3 Å². The Morgan fingerprint density at radius 3 is 2.88 bits per heavy atom. The van der Waals surface area contributed by atoms with Crippen molar-refractivity contribution in [2.45, 2.75) is 20.3 Å². The molecule has 0 spiro atoms. The minimum Gasteiger partial charge on any atom is -0.382 e. The molecule has 16 heavy (non-hydrogen) atoms. The molecule has 0 radical (unpaired) electrons. The highest BCUT2D eigenvalue weighted by Crippen LogP contribution is 2.36. The van der Waals surface area contributed by atoms with Crippen LogP contribution >= 0.6 is 22.9 Å². The third kappa shape index (κ3) is 2.08. The molecule has 0 bridgehead atoms. The molecule has 3 nitrogen and oxygen atoms in total. The number of nitrogens with two attached hydrogens (primary N) is 1. The van der Waals surface area contributed by atoms with Gasteiger partial charge < -0.3 is 5.73 Å². The van der Waals surface area contributed by atoms with Gasteiger partial charge in [-0.3, -0.25) is 5.10 Å². The van der Waals surface area contributed by atoms with Crippen molar-refractivity contribution in [3.63, 3.8) is 0 Å². The Morgan fingerprint density at radius 1 is 1.56 bits per heavy atom. The number of nitrogen functional groups attached to an aromatic ring is 1. The fourth-order valence-electron chi connectivity index (χ4n) is 1.65. The van der Waals surface area contributed by atoms with Gasteiger partial charge in [-0.1, -0.05) is 25.4 Å². The van der Waals surface area contributed by atoms with Gasteiger partial charge in [-0.25, -0.2) is 0 Å². The van der Waals surface area contributed by atoms with Crippen molar-refractivity contribution in [3.8, 4) is 10.6 Å². The quantitative estimate of drug-likeness (QED) is 0.881. The number of aromatic nitrogens is 2. The van der Waals surface area contributed by atoms with Gasteiger partial charge in [-0.2, -0.15) is 5.10 Å². The van der Waals surface area contributed by atoms with Crippen molar-refractivity contribution < 1.29 is 0 Å². The van der Waals surface area contributed by atoms with E-state index in [1.807, 2.05) is 11.4 Å². The Hall–Kier alpha value is -1.00. The maximum absolute atomic E-state index is 6.11. The topological polar surface area (TPSA) is 54.7 Å². The van der Waals surface area contributed by atoms with Crippen molar-refractivity contribution in [2.75, 3.05) is 5.73 Å². The first-order valence-electron chi connectivity index (χ1n) is 5.15. The maximum Gasteiger partial charge on any atom is 0.149 e. The van der Waals surface area contributed by atoms with Crippen molar-refractivity contribution in [1.82, 2.24) is 10.2 Å². The molecule has 0 atom stereocenters. The average Bonchev–Trinajstić information content (AvgIpc) is 2.75. The van der Waals surface area contributed by atoms with Gasteiger partial charge in [-0.05, 0) is 23.8 Å². The molecule has 0 aliphatic carbocycles. The van der Waals surface area contributed by atoms with Crippen molar-refractivity contribution in [1.29, 1.82) is 0 Å². The molecule has 0 fully saturated rings. The monoisotopic (exact) mass is 255 g/mol. The second-order valence-electron chi connectivity index (χ2n) is 4.16. The average molecular weight is 256 g/mol. The third-order valence-corrected chi connectivity index (χ3v) is 3.71. The van der Waals surface area contributed by atoms with E-state index in [4.69, 9.17) is 17.3 Å². The fraction of sp³-hybridized carbons (Fsp3) is 0.364. The van der Waals surface area contributed by atoms with E-state index in [-0.39, 0.29) is 0 Å². The van der Waals surface area contributed by atoms with Crippen LogP contribution in [0.2, 0.25) is 5.02 Å². The molecule has 0 saturated heterocycles. The Labute approximate surface area is 104 Å². The van der Waals surface area contributed by atoms with Crippen LogP contribution in [0.15, 0.2) is 11.4 Å². The predicted molar refractivity (Wildman–Crippen MR) is 69.9 cm³/mol. The number of nitrogens with zero attached hydrogens (tertiary/aromatic N) is 1. The highest BCUT2D eigenvalue weighted by molar-refractivity contribution is 7.14. The second-order valence-corrected chi connectivity index (χ2v) is 5.48. The smallest absolute Gasteiger partial charge is 0.149 e. The van der Waals surface area contributed by atoms with Crippen LogP contribution in [0.1, 0.15) is 19.4 Å². The lowest BCUT2D eigenvalue weighted by Gasteiger charge is -2.05. The van der Waals surface area contributed by atoms with Crippen LogP contribution in [0.4, 0.5) is 5.82 Å². The molecule has 0 aliphatic heterocycles. The van der Waals surface area contributed by atoms with Gasteiger partial charge in [0.05, 0.1) is 15.6 Å². The van der Waals surface area contributed by atoms with E-state index in [1.165, 1.54) is 0 Å². The van der Waals surface area contributed by atoms with Crippen LogP contribution in [0.3, 0.4) is 0 Å². The van der Waals surface area contributed by atoms with E-state index < -0.39 is 0 Å². The molecule has 2 rings (SSSR count). The number of halogens is 1. The van der Waals surface area contributed by atoms with Crippen LogP contribution in [-0.2, 0) is 6.42 Å². The Kier molecular flexibility index (Phi) is 3.21. The zero-order chi connectivity index (χ0) is 11.7. The molecule has 0 aromatic carbocycles. The molecule has 0 unspecified atom stereocenters. The van der Waals surface area contributed by atoms with Crippen LogP contribution in [0.25, 0.3) is 10.6 Å². The molecule has 2 aromatic heterocycles. The summed E-state index contributed by atoms with van der Waals surface area (Å²) in [5.41, 5.74) is 7.90. The van der Waals surface area contributed by atoms with Gasteiger partial charge in [0.2, 0.25) is 0 Å². The molecular formula is C11H14ClN3S. The van der Waals surface area contributed by atoms with Crippen molar-refractivity contribution >= 4 is 28.8 Å². The summed E-state index contributed by atoms with van der Waals surface area (Å²) >= 11 is 7.71. The number of nitrogens with one attached hydrogen (secondary N) is 1. The zero-order valence-electron chi connectivity index (χ0n) is 9.25. The Morgan fingerprint density at radius 2 is 2.31 bits per heavy atom. The predicted octanol–water partition coefficient (Wildman–Crippen LogP) is 3.57. The summed E-state index contributed by atoms with van der Waals surface area (Å²) in [5, 5.41) is 9.76. The molecule has 2 aromatic rings. The normalized spacial score (nSPS) is 11.2. The number of hydrogen-bond acceptors (Lipinski definition) is 3. The van der Waals surface area contributed by atoms with E-state index in [0.717, 1.165) is 27.6 Å². The van der Waals surface area contributed by atoms with Gasteiger partial charge in [0, 0.05) is 5.56 Å². The van der Waals surface area contributed by atoms with Gasteiger partial charge in [-0.15, -0.1) is 11.3 Å². The zero-order valence-corrected chi connectivity index (χ0v) is 10.8. The first-order chi connectivity index (χ1) is 7.59. The van der Waals surface area contributed by atoms with E-state index in [9.17, 15) is 0 Å². The largest absolute Gasteiger partial charge is 0.382 e. The first kappa shape index (κ1) is 11.5. The molecule has 2 heterocycles. The summed E-state index contributed by atoms with van der Waals surface area (Å²) in [6.45, 7) is 4.32. The fourth-order valence-corrected chi connectivity index (χ4v) is 2.83. The van der Waals surface area contributed by atoms with E-state index >= 15 is 0 Å². The van der Waals surface area contributed by atoms with Gasteiger partial charge in [0.25, 0.3) is 0 Å². The summed E-state index contributed by atoms with van der Waals surface area (Å²) < 4.78 is 0. The SMILES string of the molecule is CC(C)Cc1c(N)n[nH]c1-c1sccc1Cl. The van der Waals surface area contributed by atoms with Crippen LogP contribution in [-0.4, -0.2) is 10.2 Å². The van der Waals surface area contributed by atoms with Crippen molar-refractivity contribution in [2.24, 2.45) is 5.92 Å². The molecule has 0 saturated carbocycles. The molecule has 5 heteroatoms. The lowest BCUT2D eigenvalue weighted by molar-refractivity contribution is 0.649. The summed E-state index contributed by atoms with van der Waals surface area (Å²) in [6, 6.07) is 1.89. The molecule has 0 amide bonds. The molecule has 3 N–H and O–H groups in total. The standard InChI is InChI=1S/C11H14ClN3S/c1-6(2)5-7-9(14-15-11(7)13)10-8(12)3-4-16-10/h3-4,6H,5H2,1-2H3,(H3,13,14,15). The Bertz CT molecular complexity index is 487. The number of anilines is 1. The minimum atomic E-state index is 0.539. The highest BCUT2D eigenvalue weighted by Gasteiger charge is 2.16. The lowest BCUT2D eigenvalue weighted by atomic mass is 10.0. The van der Waals surface area contributed by atoms with Gasteiger partial charge >= 0.3 is 0 Å². The summed E-state index contributed by atoms with van der Waals surface area (Å²) in [4.78, 5) is 1.02. The summed E-state index contributed by atoms with van der Waals surface area (Å²) in [6.07, 6.45) is 0.909. The van der Waals surface area contributed by atoms with Gasteiger partial charge in [0.15, 0.2) is 0 Å². The number of thiophene rings is 1. The number of aromatic amines is 1. The number of H-pyrrole nitrogens is 1. The first-order valence-corrected chi connectivity index (χ1v) is 6.41. The van der Waals surface area contributed by atoms with E-state index in [2.05, 4.69) is 24.0 Å². The molecule has 0 aliphatic rings. The minimum absolute atomic E-state index is 0.539.